The summed E-state index contributed by atoms with van der Waals surface area (Å²) in [6.07, 6.45) is -5.36. The second kappa shape index (κ2) is 14.4. The average molecular weight is 671 g/mol. The zero-order valence-corrected chi connectivity index (χ0v) is 25.5. The van der Waals surface area contributed by atoms with Crippen molar-refractivity contribution in [1.29, 1.82) is 5.41 Å². The fourth-order valence-corrected chi connectivity index (χ4v) is 4.16. The molecule has 0 fully saturated rings. The number of para-hydroxylation sites is 1. The monoisotopic (exact) mass is 670 g/mol. The first-order chi connectivity index (χ1) is 22.7. The highest BCUT2D eigenvalue weighted by Gasteiger charge is 2.42. The first-order valence-electron chi connectivity index (χ1n) is 13.8. The zero-order chi connectivity index (χ0) is 35.2. The molecule has 6 N–H and O–H groups in total. The lowest BCUT2D eigenvalue weighted by Crippen LogP contribution is -2.35. The average Bonchev–Trinajstić information content (AvgIpc) is 3.45. The minimum atomic E-state index is -5.36. The largest absolute Gasteiger partial charge is 0.493 e. The molecule has 1 aromatic heterocycles. The minimum absolute atomic E-state index is 0.0212. The fraction of sp³-hybridized carbons (Fsp3) is 0.200. The fourth-order valence-electron chi connectivity index (χ4n) is 4.16. The number of hydroxylamine groups is 1. The Morgan fingerprint density at radius 3 is 2.38 bits per heavy atom. The van der Waals surface area contributed by atoms with Crippen molar-refractivity contribution < 1.29 is 41.9 Å². The van der Waals surface area contributed by atoms with Gasteiger partial charge in [-0.15, -0.1) is 5.10 Å². The molecule has 4 aromatic rings. The molecule has 0 saturated carbocycles. The molecule has 0 spiro atoms. The van der Waals surface area contributed by atoms with E-state index in [1.807, 2.05) is 0 Å². The Morgan fingerprint density at radius 2 is 1.75 bits per heavy atom. The van der Waals surface area contributed by atoms with Crippen molar-refractivity contribution in [2.45, 2.75) is 12.2 Å². The number of alkyl halides is 3. The molecule has 1 atom stereocenters. The van der Waals surface area contributed by atoms with Gasteiger partial charge in [-0.25, -0.2) is 9.59 Å². The van der Waals surface area contributed by atoms with Crippen molar-refractivity contribution in [2.24, 2.45) is 5.73 Å². The number of aromatic nitrogens is 3. The van der Waals surface area contributed by atoms with Gasteiger partial charge in [0.05, 0.1) is 18.4 Å². The summed E-state index contributed by atoms with van der Waals surface area (Å²) in [5, 5.41) is 15.3. The molecule has 0 saturated heterocycles. The van der Waals surface area contributed by atoms with Crippen LogP contribution in [0.4, 0.5) is 18.9 Å². The van der Waals surface area contributed by atoms with Gasteiger partial charge >= 0.3 is 17.8 Å². The van der Waals surface area contributed by atoms with Crippen molar-refractivity contribution in [3.05, 3.63) is 99.7 Å². The van der Waals surface area contributed by atoms with E-state index in [4.69, 9.17) is 20.6 Å². The number of aromatic amines is 1. The first-order valence-corrected chi connectivity index (χ1v) is 13.8. The summed E-state index contributed by atoms with van der Waals surface area (Å²) in [4.78, 5) is 56.9. The van der Waals surface area contributed by atoms with Crippen LogP contribution in [0.1, 0.15) is 33.4 Å². The van der Waals surface area contributed by atoms with Crippen LogP contribution in [0, 0.1) is 5.41 Å². The summed E-state index contributed by atoms with van der Waals surface area (Å²) in [7, 11) is 4.56. The maximum atomic E-state index is 13.2. The first kappa shape index (κ1) is 34.5. The predicted octanol–water partition coefficient (Wildman–Crippen LogP) is 2.27. The second-order valence-corrected chi connectivity index (χ2v) is 10.1. The lowest BCUT2D eigenvalue weighted by atomic mass is 10.0. The van der Waals surface area contributed by atoms with Gasteiger partial charge in [-0.2, -0.15) is 23.3 Å². The van der Waals surface area contributed by atoms with E-state index >= 15 is 0 Å². The molecule has 0 aliphatic rings. The van der Waals surface area contributed by atoms with E-state index < -0.39 is 29.8 Å². The number of nitrogens with one attached hydrogen (secondary N) is 4. The van der Waals surface area contributed by atoms with Crippen LogP contribution in [0.2, 0.25) is 0 Å². The second-order valence-electron chi connectivity index (χ2n) is 10.1. The molecule has 18 heteroatoms. The number of amides is 2. The van der Waals surface area contributed by atoms with E-state index in [0.29, 0.717) is 16.8 Å². The minimum Gasteiger partial charge on any atom is -0.493 e. The smallest absolute Gasteiger partial charge is 0.493 e. The third-order valence-corrected chi connectivity index (χ3v) is 6.63. The molecule has 1 unspecified atom stereocenters. The molecule has 2 amide bonds. The number of ether oxygens (including phenoxy) is 2. The van der Waals surface area contributed by atoms with Gasteiger partial charge in [0, 0.05) is 25.3 Å². The van der Waals surface area contributed by atoms with Gasteiger partial charge in [0.2, 0.25) is 0 Å². The molecular formula is C30H29F3N8O7. The molecule has 252 valence electrons. The van der Waals surface area contributed by atoms with E-state index in [2.05, 4.69) is 20.2 Å². The standard InChI is InChI=1S/C30H29F3N8O7/c1-40(2)23(42)15-47-21-13-10-17(14-22(21)46-3)24(36-18-11-8-16(9-12-18)25(34)35)26-37-29(45)41(38-26)20-7-5-4-6-19(20)27(43)39-48-28(44)30(31,32)33/h4-14,24,36H,15H2,1-3H3,(H3,34,35)(H,39,43)(H,37,38,45). The molecule has 0 aliphatic heterocycles. The van der Waals surface area contributed by atoms with E-state index in [9.17, 15) is 32.3 Å². The highest BCUT2D eigenvalue weighted by atomic mass is 19.4. The molecule has 0 radical (unpaired) electrons. The third-order valence-electron chi connectivity index (χ3n) is 6.63. The lowest BCUT2D eigenvalue weighted by molar-refractivity contribution is -0.204. The summed E-state index contributed by atoms with van der Waals surface area (Å²) in [6, 6.07) is 15.7. The van der Waals surface area contributed by atoms with Crippen LogP contribution in [0.3, 0.4) is 0 Å². The summed E-state index contributed by atoms with van der Waals surface area (Å²) < 4.78 is 49.6. The predicted molar refractivity (Wildman–Crippen MR) is 164 cm³/mol. The Kier molecular flexibility index (Phi) is 10.4. The number of halogens is 3. The number of H-pyrrole nitrogens is 1. The number of amidine groups is 1. The quantitative estimate of drug-likeness (QED) is 0.0894. The van der Waals surface area contributed by atoms with Gasteiger partial charge in [-0.3, -0.25) is 20.0 Å². The Balaban J connectivity index is 1.74. The summed E-state index contributed by atoms with van der Waals surface area (Å²) in [6.45, 7) is -0.257. The normalized spacial score (nSPS) is 11.6. The van der Waals surface area contributed by atoms with Crippen molar-refractivity contribution in [1.82, 2.24) is 25.1 Å². The van der Waals surface area contributed by atoms with E-state index in [1.54, 1.807) is 56.6 Å². The van der Waals surface area contributed by atoms with E-state index in [0.717, 1.165) is 4.68 Å². The van der Waals surface area contributed by atoms with Crippen LogP contribution in [0.25, 0.3) is 5.69 Å². The zero-order valence-electron chi connectivity index (χ0n) is 25.5. The molecule has 0 aliphatic carbocycles. The van der Waals surface area contributed by atoms with Crippen LogP contribution >= 0.6 is 0 Å². The van der Waals surface area contributed by atoms with Gasteiger partial charge < -0.3 is 30.3 Å². The SMILES string of the molecule is COc1cc(C(Nc2ccc(C(=N)N)cc2)c2nn(-c3ccccc3C(=O)NOC(=O)C(F)(F)F)c(=O)[nH]2)ccc1OCC(=O)N(C)C. The number of nitrogen functional groups attached to an aromatic ring is 1. The highest BCUT2D eigenvalue weighted by molar-refractivity contribution is 5.98. The number of benzene rings is 3. The molecule has 1 heterocycles. The number of nitrogens with two attached hydrogens (primary N) is 1. The van der Waals surface area contributed by atoms with E-state index in [1.165, 1.54) is 41.8 Å². The number of rotatable bonds is 11. The van der Waals surface area contributed by atoms with Crippen LogP contribution in [0.5, 0.6) is 11.5 Å². The van der Waals surface area contributed by atoms with Crippen LogP contribution in [-0.2, 0) is 14.4 Å². The molecule has 3 aromatic carbocycles. The van der Waals surface area contributed by atoms with Gasteiger partial charge in [-0.05, 0) is 54.1 Å². The molecular weight excluding hydrogens is 641 g/mol. The summed E-state index contributed by atoms with van der Waals surface area (Å²) >= 11 is 0. The van der Waals surface area contributed by atoms with Crippen LogP contribution in [-0.4, -0.2) is 77.3 Å². The Morgan fingerprint density at radius 1 is 1.06 bits per heavy atom. The molecule has 4 rings (SSSR count). The number of methoxy groups -OCH3 is 1. The number of anilines is 1. The molecule has 48 heavy (non-hydrogen) atoms. The van der Waals surface area contributed by atoms with Crippen molar-refractivity contribution in [3.63, 3.8) is 0 Å². The Hall–Kier alpha value is -6.33. The highest BCUT2D eigenvalue weighted by Crippen LogP contribution is 2.33. The molecule has 0 bridgehead atoms. The van der Waals surface area contributed by atoms with E-state index in [-0.39, 0.29) is 46.9 Å². The number of nitrogens with zero attached hydrogens (tertiary/aromatic N) is 3. The van der Waals surface area contributed by atoms with Gasteiger partial charge in [0.15, 0.2) is 23.9 Å². The number of carbonyl (C=O) groups excluding carboxylic acids is 3. The maximum Gasteiger partial charge on any atom is 0.493 e. The number of hydrogen-bond acceptors (Lipinski definition) is 10. The Bertz CT molecular complexity index is 1890. The Labute approximate surface area is 269 Å². The van der Waals surface area contributed by atoms with Crippen LogP contribution in [0.15, 0.2) is 71.5 Å². The van der Waals surface area contributed by atoms with Gasteiger partial charge in [0.25, 0.3) is 11.8 Å². The lowest BCUT2D eigenvalue weighted by Gasteiger charge is -2.20. The molecule has 15 nitrogen and oxygen atoms in total. The summed E-state index contributed by atoms with van der Waals surface area (Å²) in [5.74, 6) is -3.81. The van der Waals surface area contributed by atoms with Gasteiger partial charge in [-0.1, -0.05) is 18.2 Å². The summed E-state index contributed by atoms with van der Waals surface area (Å²) in [5.41, 5.74) is 7.14. The number of hydrogen-bond donors (Lipinski definition) is 5. The number of carbonyl (C=O) groups is 3. The van der Waals surface area contributed by atoms with Crippen molar-refractivity contribution in [3.8, 4) is 17.2 Å². The van der Waals surface area contributed by atoms with Crippen LogP contribution < -0.4 is 31.7 Å². The third kappa shape index (κ3) is 8.08. The number of likely N-dealkylation sites (N-methyl/N-ethyl adjacent to an activating group) is 1. The van der Waals surface area contributed by atoms with Crippen molar-refractivity contribution >= 4 is 29.3 Å². The maximum absolute atomic E-state index is 13.2. The van der Waals surface area contributed by atoms with Gasteiger partial charge in [0.1, 0.15) is 11.9 Å². The van der Waals surface area contributed by atoms with Crippen molar-refractivity contribution in [2.75, 3.05) is 33.1 Å². The topological polar surface area (TPSA) is 207 Å².